The van der Waals surface area contributed by atoms with Crippen LogP contribution in [0.2, 0.25) is 0 Å². The summed E-state index contributed by atoms with van der Waals surface area (Å²) in [6.45, 7) is 14.5. The van der Waals surface area contributed by atoms with Crippen LogP contribution < -0.4 is 5.32 Å². The Morgan fingerprint density at radius 3 is 2.55 bits per heavy atom. The highest BCUT2D eigenvalue weighted by Gasteiger charge is 2.61. The zero-order valence-electron chi connectivity index (χ0n) is 14.9. The lowest BCUT2D eigenvalue weighted by Crippen LogP contribution is -2.53. The highest BCUT2D eigenvalue weighted by molar-refractivity contribution is 5.63. The van der Waals surface area contributed by atoms with E-state index in [9.17, 15) is 0 Å². The average molecular weight is 295 g/mol. The smallest absolute Gasteiger partial charge is 0.0443 e. The van der Waals surface area contributed by atoms with Crippen LogP contribution in [0.15, 0.2) is 29.8 Å². The molecule has 0 bridgehead atoms. The second-order valence-corrected chi connectivity index (χ2v) is 9.31. The lowest BCUT2D eigenvalue weighted by molar-refractivity contribution is 0.126. The normalized spacial score (nSPS) is 36.9. The maximum Gasteiger partial charge on any atom is 0.0443 e. The Kier molecular flexibility index (Phi) is 2.60. The zero-order valence-corrected chi connectivity index (χ0v) is 14.9. The molecule has 118 valence electrons. The van der Waals surface area contributed by atoms with Gasteiger partial charge in [-0.3, -0.25) is 0 Å². The summed E-state index contributed by atoms with van der Waals surface area (Å²) in [4.78, 5) is 0. The lowest BCUT2D eigenvalue weighted by atomic mass is 9.52. The molecule has 0 amide bonds. The second-order valence-electron chi connectivity index (χ2n) is 9.31. The maximum absolute atomic E-state index is 3.93. The molecular formula is C21H29N. The first-order valence-electron chi connectivity index (χ1n) is 8.77. The van der Waals surface area contributed by atoms with Crippen LogP contribution in [0.3, 0.4) is 0 Å². The van der Waals surface area contributed by atoms with Crippen LogP contribution in [-0.4, -0.2) is 6.04 Å². The van der Waals surface area contributed by atoms with Crippen molar-refractivity contribution < 1.29 is 0 Å². The van der Waals surface area contributed by atoms with Crippen LogP contribution >= 0.6 is 0 Å². The molecule has 1 heterocycles. The van der Waals surface area contributed by atoms with E-state index in [1.54, 1.807) is 11.1 Å². The minimum absolute atomic E-state index is 0.215. The summed E-state index contributed by atoms with van der Waals surface area (Å²) in [5.74, 6) is 0.662. The predicted molar refractivity (Wildman–Crippen MR) is 94.3 cm³/mol. The molecule has 3 aliphatic rings. The van der Waals surface area contributed by atoms with Gasteiger partial charge in [0.25, 0.3) is 0 Å². The lowest BCUT2D eigenvalue weighted by Gasteiger charge is -2.56. The molecule has 1 N–H and O–H groups in total. The minimum Gasteiger partial charge on any atom is -0.380 e. The van der Waals surface area contributed by atoms with Crippen LogP contribution in [-0.2, 0) is 0 Å². The van der Waals surface area contributed by atoms with Gasteiger partial charge in [-0.05, 0) is 42.7 Å². The highest BCUT2D eigenvalue weighted by atomic mass is 15.0. The van der Waals surface area contributed by atoms with Gasteiger partial charge in [0.1, 0.15) is 0 Å². The van der Waals surface area contributed by atoms with Crippen molar-refractivity contribution in [1.82, 2.24) is 0 Å². The third-order valence-corrected chi connectivity index (χ3v) is 6.83. The van der Waals surface area contributed by atoms with Crippen molar-refractivity contribution in [3.8, 4) is 0 Å². The third kappa shape index (κ3) is 1.60. The first-order valence-corrected chi connectivity index (χ1v) is 8.77. The van der Waals surface area contributed by atoms with Crippen LogP contribution in [0.1, 0.15) is 64.5 Å². The fourth-order valence-electron chi connectivity index (χ4n) is 5.86. The topological polar surface area (TPSA) is 12.0 Å². The van der Waals surface area contributed by atoms with Gasteiger partial charge in [0, 0.05) is 22.6 Å². The molecule has 1 fully saturated rings. The molecule has 0 unspecified atom stereocenters. The molecule has 1 aromatic carbocycles. The quantitative estimate of drug-likeness (QED) is 0.608. The maximum atomic E-state index is 3.93. The SMILES string of the molecule is Cc1ccc2c(c1)[C@H]1CCC(C)(C)C3=CC(C)(C)[C@H](N2)[C@]31C. The number of fused-ring (bicyclic) bond motifs is 2. The number of benzene rings is 1. The molecular weight excluding hydrogens is 266 g/mol. The Balaban J connectivity index is 1.96. The first-order chi connectivity index (χ1) is 10.2. The van der Waals surface area contributed by atoms with Crippen LogP contribution in [0, 0.1) is 23.2 Å². The van der Waals surface area contributed by atoms with Crippen LogP contribution in [0.4, 0.5) is 5.69 Å². The molecule has 0 aromatic heterocycles. The summed E-state index contributed by atoms with van der Waals surface area (Å²) < 4.78 is 0. The Hall–Kier alpha value is -1.24. The van der Waals surface area contributed by atoms with Crippen molar-refractivity contribution in [1.29, 1.82) is 0 Å². The van der Waals surface area contributed by atoms with Gasteiger partial charge in [0.2, 0.25) is 0 Å². The molecule has 1 nitrogen and oxygen atoms in total. The van der Waals surface area contributed by atoms with E-state index in [-0.39, 0.29) is 10.8 Å². The third-order valence-electron chi connectivity index (χ3n) is 6.83. The Labute approximate surface area is 135 Å². The molecule has 1 aromatic rings. The number of rotatable bonds is 0. The summed E-state index contributed by atoms with van der Waals surface area (Å²) >= 11 is 0. The van der Waals surface area contributed by atoms with Crippen molar-refractivity contribution in [3.63, 3.8) is 0 Å². The number of anilines is 1. The number of hydrogen-bond acceptors (Lipinski definition) is 1. The molecule has 4 rings (SSSR count). The van der Waals surface area contributed by atoms with Crippen molar-refractivity contribution >= 4 is 5.69 Å². The zero-order chi connectivity index (χ0) is 15.9. The molecule has 0 saturated heterocycles. The van der Waals surface area contributed by atoms with E-state index in [0.717, 1.165) is 0 Å². The molecule has 2 aliphatic carbocycles. The van der Waals surface area contributed by atoms with Gasteiger partial charge in [0.15, 0.2) is 0 Å². The molecule has 1 saturated carbocycles. The number of nitrogens with one attached hydrogen (secondary N) is 1. The molecule has 1 heteroatoms. The Bertz CT molecular complexity index is 679. The number of aryl methyl sites for hydroxylation is 1. The fourth-order valence-corrected chi connectivity index (χ4v) is 5.86. The fraction of sp³-hybridized carbons (Fsp3) is 0.619. The standard InChI is InChI=1S/C21H29N/c1-13-7-8-16-14(11-13)15-9-10-19(2,3)17-12-20(4,5)18(22-16)21(15,17)6/h7-8,11-12,15,18,22H,9-10H2,1-6H3/t15-,18+,21+/m1/s1. The summed E-state index contributed by atoms with van der Waals surface area (Å²) in [7, 11) is 0. The van der Waals surface area contributed by atoms with Gasteiger partial charge in [-0.25, -0.2) is 0 Å². The highest BCUT2D eigenvalue weighted by Crippen LogP contribution is 2.68. The Morgan fingerprint density at radius 1 is 1.09 bits per heavy atom. The summed E-state index contributed by atoms with van der Waals surface area (Å²) in [6.07, 6.45) is 5.22. The van der Waals surface area contributed by atoms with Gasteiger partial charge in [-0.2, -0.15) is 0 Å². The van der Waals surface area contributed by atoms with E-state index in [2.05, 4.69) is 71.1 Å². The summed E-state index contributed by atoms with van der Waals surface area (Å²) in [5.41, 5.74) is 6.82. The van der Waals surface area contributed by atoms with Crippen molar-refractivity contribution in [2.75, 3.05) is 5.32 Å². The minimum atomic E-state index is 0.215. The predicted octanol–water partition coefficient (Wildman–Crippen LogP) is 5.67. The largest absolute Gasteiger partial charge is 0.380 e. The molecule has 1 aliphatic heterocycles. The van der Waals surface area contributed by atoms with Gasteiger partial charge >= 0.3 is 0 Å². The van der Waals surface area contributed by atoms with E-state index < -0.39 is 0 Å². The van der Waals surface area contributed by atoms with Crippen molar-refractivity contribution in [2.45, 2.75) is 66.3 Å². The summed E-state index contributed by atoms with van der Waals surface area (Å²) in [5, 5.41) is 3.93. The first kappa shape index (κ1) is 14.4. The van der Waals surface area contributed by atoms with Gasteiger partial charge in [-0.1, -0.05) is 64.0 Å². The second kappa shape index (κ2) is 3.99. The van der Waals surface area contributed by atoms with E-state index in [0.29, 0.717) is 17.4 Å². The van der Waals surface area contributed by atoms with Gasteiger partial charge in [-0.15, -0.1) is 0 Å². The van der Waals surface area contributed by atoms with E-state index in [1.165, 1.54) is 24.1 Å². The van der Waals surface area contributed by atoms with Gasteiger partial charge < -0.3 is 5.32 Å². The van der Waals surface area contributed by atoms with Crippen LogP contribution in [0.5, 0.6) is 0 Å². The molecule has 3 atom stereocenters. The summed E-state index contributed by atoms with van der Waals surface area (Å²) in [6, 6.07) is 7.49. The number of hydrogen-bond donors (Lipinski definition) is 1. The average Bonchev–Trinajstić information content (AvgIpc) is 2.63. The van der Waals surface area contributed by atoms with E-state index in [1.807, 2.05) is 0 Å². The monoisotopic (exact) mass is 295 g/mol. The molecule has 0 spiro atoms. The van der Waals surface area contributed by atoms with E-state index >= 15 is 0 Å². The van der Waals surface area contributed by atoms with Crippen molar-refractivity contribution in [2.24, 2.45) is 16.2 Å². The Morgan fingerprint density at radius 2 is 1.82 bits per heavy atom. The van der Waals surface area contributed by atoms with Gasteiger partial charge in [0.05, 0.1) is 0 Å². The molecule has 0 radical (unpaired) electrons. The molecule has 22 heavy (non-hydrogen) atoms. The van der Waals surface area contributed by atoms with Crippen molar-refractivity contribution in [3.05, 3.63) is 41.0 Å². The van der Waals surface area contributed by atoms with E-state index in [4.69, 9.17) is 0 Å². The van der Waals surface area contributed by atoms with Crippen LogP contribution in [0.25, 0.3) is 0 Å².